The fraction of sp³-hybridized carbons (Fsp3) is 0.571. The molecule has 1 aliphatic heterocycles. The monoisotopic (exact) mass is 328 g/mol. The van der Waals surface area contributed by atoms with Gasteiger partial charge in [-0.2, -0.15) is 0 Å². The van der Waals surface area contributed by atoms with E-state index in [9.17, 15) is 18.0 Å². The first-order valence-corrected chi connectivity index (χ1v) is 9.05. The third-order valence-corrected chi connectivity index (χ3v) is 5.22. The van der Waals surface area contributed by atoms with E-state index in [4.69, 9.17) is 4.42 Å². The van der Waals surface area contributed by atoms with E-state index in [2.05, 4.69) is 10.6 Å². The summed E-state index contributed by atoms with van der Waals surface area (Å²) in [7, 11) is -3.00. The summed E-state index contributed by atoms with van der Waals surface area (Å²) in [5.41, 5.74) is 0. The van der Waals surface area contributed by atoms with E-state index in [0.29, 0.717) is 19.3 Å². The van der Waals surface area contributed by atoms with E-state index in [1.807, 2.05) is 0 Å². The molecule has 0 aliphatic carbocycles. The number of carbonyl (C=O) groups excluding carboxylic acids is 2. The predicted octanol–water partition coefficient (Wildman–Crippen LogP) is 0.0218. The van der Waals surface area contributed by atoms with Gasteiger partial charge in [-0.25, -0.2) is 8.42 Å². The lowest BCUT2D eigenvalue weighted by atomic mass is 10.2. The molecule has 2 N–H and O–H groups in total. The van der Waals surface area contributed by atoms with Crippen LogP contribution >= 0.6 is 0 Å². The molecular weight excluding hydrogens is 308 g/mol. The van der Waals surface area contributed by atoms with Crippen LogP contribution in [0.4, 0.5) is 0 Å². The molecule has 2 heterocycles. The lowest BCUT2D eigenvalue weighted by molar-refractivity contribution is -0.122. The van der Waals surface area contributed by atoms with Crippen LogP contribution in [0.3, 0.4) is 0 Å². The molecule has 0 saturated carbocycles. The molecule has 2 amide bonds. The standard InChI is InChI=1S/C14H20N2O5S/c17-13(4-3-12-2-1-8-21-12)15-7-5-14(18)16-11-6-9-22(19,20)10-11/h1-2,8,11H,3-7,9-10H2,(H,15,17)(H,16,18)/t11-/m0/s1. The van der Waals surface area contributed by atoms with Gasteiger partial charge in [0.2, 0.25) is 11.8 Å². The molecule has 22 heavy (non-hydrogen) atoms. The van der Waals surface area contributed by atoms with Crippen molar-refractivity contribution in [3.63, 3.8) is 0 Å². The molecule has 1 fully saturated rings. The number of nitrogens with one attached hydrogen (secondary N) is 2. The molecule has 2 rings (SSSR count). The molecule has 7 nitrogen and oxygen atoms in total. The van der Waals surface area contributed by atoms with Gasteiger partial charge in [0.1, 0.15) is 5.76 Å². The highest BCUT2D eigenvalue weighted by atomic mass is 32.2. The zero-order chi connectivity index (χ0) is 16.0. The molecule has 1 aromatic heterocycles. The highest BCUT2D eigenvalue weighted by molar-refractivity contribution is 7.91. The lowest BCUT2D eigenvalue weighted by Crippen LogP contribution is -2.37. The van der Waals surface area contributed by atoms with Crippen molar-refractivity contribution >= 4 is 21.7 Å². The zero-order valence-electron chi connectivity index (χ0n) is 12.2. The van der Waals surface area contributed by atoms with Crippen molar-refractivity contribution in [3.05, 3.63) is 24.2 Å². The van der Waals surface area contributed by atoms with Crippen molar-refractivity contribution in [2.24, 2.45) is 0 Å². The minimum atomic E-state index is -3.00. The normalized spacial score (nSPS) is 19.7. The van der Waals surface area contributed by atoms with Crippen molar-refractivity contribution in [2.45, 2.75) is 31.7 Å². The van der Waals surface area contributed by atoms with Gasteiger partial charge in [0.15, 0.2) is 9.84 Å². The molecule has 0 radical (unpaired) electrons. The number of aryl methyl sites for hydroxylation is 1. The summed E-state index contributed by atoms with van der Waals surface area (Å²) in [4.78, 5) is 23.2. The Balaban J connectivity index is 1.57. The highest BCUT2D eigenvalue weighted by Gasteiger charge is 2.28. The molecular formula is C14H20N2O5S. The summed E-state index contributed by atoms with van der Waals surface area (Å²) in [5, 5.41) is 5.34. The van der Waals surface area contributed by atoms with Gasteiger partial charge >= 0.3 is 0 Å². The number of amides is 2. The largest absolute Gasteiger partial charge is 0.469 e. The number of hydrogen-bond donors (Lipinski definition) is 2. The summed E-state index contributed by atoms with van der Waals surface area (Å²) in [6, 6.07) is 3.27. The summed E-state index contributed by atoms with van der Waals surface area (Å²) < 4.78 is 27.7. The van der Waals surface area contributed by atoms with E-state index >= 15 is 0 Å². The second kappa shape index (κ2) is 7.44. The number of rotatable bonds is 7. The quantitative estimate of drug-likeness (QED) is 0.734. The van der Waals surface area contributed by atoms with Crippen LogP contribution < -0.4 is 10.6 Å². The van der Waals surface area contributed by atoms with Crippen molar-refractivity contribution < 1.29 is 22.4 Å². The summed E-state index contributed by atoms with van der Waals surface area (Å²) >= 11 is 0. The maximum absolute atomic E-state index is 11.7. The first kappa shape index (κ1) is 16.5. The fourth-order valence-corrected chi connectivity index (χ4v) is 3.98. The molecule has 1 aliphatic rings. The van der Waals surface area contributed by atoms with Crippen LogP contribution in [-0.4, -0.2) is 44.3 Å². The van der Waals surface area contributed by atoms with Crippen LogP contribution in [0.25, 0.3) is 0 Å². The maximum atomic E-state index is 11.7. The number of furan rings is 1. The van der Waals surface area contributed by atoms with E-state index < -0.39 is 9.84 Å². The number of sulfone groups is 1. The molecule has 8 heteroatoms. The van der Waals surface area contributed by atoms with E-state index in [0.717, 1.165) is 5.76 Å². The molecule has 0 aromatic carbocycles. The van der Waals surface area contributed by atoms with Crippen LogP contribution in [-0.2, 0) is 25.8 Å². The summed E-state index contributed by atoms with van der Waals surface area (Å²) in [5.74, 6) is 0.492. The summed E-state index contributed by atoms with van der Waals surface area (Å²) in [6.07, 6.45) is 2.98. The zero-order valence-corrected chi connectivity index (χ0v) is 13.0. The highest BCUT2D eigenvalue weighted by Crippen LogP contribution is 2.11. The smallest absolute Gasteiger partial charge is 0.222 e. The van der Waals surface area contributed by atoms with Crippen LogP contribution in [0.15, 0.2) is 22.8 Å². The van der Waals surface area contributed by atoms with Crippen molar-refractivity contribution in [2.75, 3.05) is 18.1 Å². The molecule has 1 atom stereocenters. The van der Waals surface area contributed by atoms with Gasteiger partial charge in [0, 0.05) is 31.8 Å². The van der Waals surface area contributed by atoms with Crippen LogP contribution in [0.1, 0.15) is 25.0 Å². The third-order valence-electron chi connectivity index (χ3n) is 3.45. The SMILES string of the molecule is O=C(CCc1ccco1)NCCC(=O)N[C@H]1CCS(=O)(=O)C1. The summed E-state index contributed by atoms with van der Waals surface area (Å²) in [6.45, 7) is 0.238. The van der Waals surface area contributed by atoms with Gasteiger partial charge < -0.3 is 15.1 Å². The van der Waals surface area contributed by atoms with Gasteiger partial charge in [-0.1, -0.05) is 0 Å². The Bertz CT molecular complexity index is 609. The Kier molecular flexibility index (Phi) is 5.59. The molecule has 0 unspecified atom stereocenters. The van der Waals surface area contributed by atoms with Gasteiger partial charge in [0.05, 0.1) is 17.8 Å². The third kappa shape index (κ3) is 5.51. The Labute approximate surface area is 129 Å². The first-order chi connectivity index (χ1) is 10.4. The van der Waals surface area contributed by atoms with Gasteiger partial charge in [0.25, 0.3) is 0 Å². The minimum Gasteiger partial charge on any atom is -0.469 e. The van der Waals surface area contributed by atoms with E-state index in [1.165, 1.54) is 0 Å². The predicted molar refractivity (Wildman–Crippen MR) is 79.9 cm³/mol. The van der Waals surface area contributed by atoms with Gasteiger partial charge in [-0.15, -0.1) is 0 Å². The maximum Gasteiger partial charge on any atom is 0.222 e. The molecule has 1 saturated heterocycles. The van der Waals surface area contributed by atoms with Crippen molar-refractivity contribution in [3.8, 4) is 0 Å². The van der Waals surface area contributed by atoms with Crippen molar-refractivity contribution in [1.82, 2.24) is 10.6 Å². The lowest BCUT2D eigenvalue weighted by Gasteiger charge is -2.11. The van der Waals surface area contributed by atoms with Crippen LogP contribution in [0.2, 0.25) is 0 Å². The number of carbonyl (C=O) groups is 2. The minimum absolute atomic E-state index is 0.00818. The topological polar surface area (TPSA) is 105 Å². The second-order valence-corrected chi connectivity index (χ2v) is 7.58. The molecule has 122 valence electrons. The van der Waals surface area contributed by atoms with Crippen LogP contribution in [0.5, 0.6) is 0 Å². The second-order valence-electron chi connectivity index (χ2n) is 5.35. The van der Waals surface area contributed by atoms with E-state index in [1.54, 1.807) is 18.4 Å². The fourth-order valence-electron chi connectivity index (χ4n) is 2.30. The van der Waals surface area contributed by atoms with Gasteiger partial charge in [-0.3, -0.25) is 9.59 Å². The number of hydrogen-bond acceptors (Lipinski definition) is 5. The Morgan fingerprint density at radius 2 is 2.09 bits per heavy atom. The van der Waals surface area contributed by atoms with Crippen LogP contribution in [0, 0.1) is 0 Å². The molecule has 0 bridgehead atoms. The first-order valence-electron chi connectivity index (χ1n) is 7.23. The van der Waals surface area contributed by atoms with Crippen molar-refractivity contribution in [1.29, 1.82) is 0 Å². The average molecular weight is 328 g/mol. The molecule has 0 spiro atoms. The Hall–Kier alpha value is -1.83. The van der Waals surface area contributed by atoms with Gasteiger partial charge in [-0.05, 0) is 18.6 Å². The Morgan fingerprint density at radius 3 is 2.73 bits per heavy atom. The Morgan fingerprint density at radius 1 is 1.27 bits per heavy atom. The average Bonchev–Trinajstić information content (AvgIpc) is 3.06. The van der Waals surface area contributed by atoms with E-state index in [-0.39, 0.29) is 42.3 Å². The molecule has 1 aromatic rings.